The predicted octanol–water partition coefficient (Wildman–Crippen LogP) is 1.02. The average Bonchev–Trinajstić information content (AvgIpc) is 2.52. The minimum absolute atomic E-state index is 0.0175. The highest BCUT2D eigenvalue weighted by Crippen LogP contribution is 2.29. The Morgan fingerprint density at radius 3 is 2.41 bits per heavy atom. The second-order valence-electron chi connectivity index (χ2n) is 6.40. The highest BCUT2D eigenvalue weighted by Gasteiger charge is 2.39. The first-order chi connectivity index (χ1) is 10.7. The van der Waals surface area contributed by atoms with Crippen LogP contribution >= 0.6 is 0 Å². The van der Waals surface area contributed by atoms with Gasteiger partial charge in [0.1, 0.15) is 0 Å². The molecule has 1 heterocycles. The molecule has 2 aliphatic rings. The first-order valence-corrected chi connectivity index (χ1v) is 8.11. The van der Waals surface area contributed by atoms with E-state index in [2.05, 4.69) is 34.5 Å². The molecule has 22 heavy (non-hydrogen) atoms. The number of nitrogens with two attached hydrogens (primary N) is 1. The number of hydrogen-bond acceptors (Lipinski definition) is 4. The summed E-state index contributed by atoms with van der Waals surface area (Å²) in [7, 11) is 0. The zero-order valence-corrected chi connectivity index (χ0v) is 13.0. The predicted molar refractivity (Wildman–Crippen MR) is 85.2 cm³/mol. The largest absolute Gasteiger partial charge is 0.379 e. The van der Waals surface area contributed by atoms with Gasteiger partial charge in [0, 0.05) is 26.2 Å². The first kappa shape index (κ1) is 15.5. The third-order valence-electron chi connectivity index (χ3n) is 4.68. The summed E-state index contributed by atoms with van der Waals surface area (Å²) in [4.78, 5) is 14.4. The van der Waals surface area contributed by atoms with E-state index in [1.54, 1.807) is 0 Å². The van der Waals surface area contributed by atoms with Crippen LogP contribution in [0.3, 0.4) is 0 Å². The van der Waals surface area contributed by atoms with Crippen LogP contribution in [-0.4, -0.2) is 42.6 Å². The van der Waals surface area contributed by atoms with Crippen LogP contribution < -0.4 is 11.1 Å². The highest BCUT2D eigenvalue weighted by atomic mass is 16.5. The van der Waals surface area contributed by atoms with E-state index in [1.165, 1.54) is 5.56 Å². The second-order valence-corrected chi connectivity index (χ2v) is 6.40. The molecule has 0 radical (unpaired) electrons. The van der Waals surface area contributed by atoms with Crippen molar-refractivity contribution in [1.29, 1.82) is 0 Å². The summed E-state index contributed by atoms with van der Waals surface area (Å²) in [5.41, 5.74) is 7.81. The van der Waals surface area contributed by atoms with Crippen molar-refractivity contribution in [1.82, 2.24) is 10.2 Å². The van der Waals surface area contributed by atoms with Gasteiger partial charge in [0.05, 0.1) is 18.8 Å². The fraction of sp³-hybridized carbons (Fsp3) is 0.588. The number of hydrogen-bond donors (Lipinski definition) is 2. The molecule has 0 spiro atoms. The van der Waals surface area contributed by atoms with E-state index in [1.807, 2.05) is 0 Å². The van der Waals surface area contributed by atoms with Crippen LogP contribution in [0.25, 0.3) is 0 Å². The van der Waals surface area contributed by atoms with Gasteiger partial charge in [-0.05, 0) is 30.4 Å². The van der Waals surface area contributed by atoms with Crippen LogP contribution in [0.2, 0.25) is 0 Å². The van der Waals surface area contributed by atoms with E-state index >= 15 is 0 Å². The molecule has 120 valence electrons. The molecule has 1 aliphatic carbocycles. The Bertz CT molecular complexity index is 505. The quantitative estimate of drug-likeness (QED) is 0.852. The lowest BCUT2D eigenvalue weighted by Crippen LogP contribution is -2.58. The van der Waals surface area contributed by atoms with E-state index in [9.17, 15) is 4.79 Å². The van der Waals surface area contributed by atoms with Gasteiger partial charge in [-0.15, -0.1) is 0 Å². The fourth-order valence-corrected chi connectivity index (χ4v) is 2.92. The van der Waals surface area contributed by atoms with Gasteiger partial charge in [-0.25, -0.2) is 0 Å². The Morgan fingerprint density at radius 2 is 1.82 bits per heavy atom. The Kier molecular flexibility index (Phi) is 4.76. The molecule has 5 nitrogen and oxygen atoms in total. The van der Waals surface area contributed by atoms with E-state index in [-0.39, 0.29) is 5.91 Å². The molecule has 1 aliphatic heterocycles. The Labute approximate surface area is 131 Å². The van der Waals surface area contributed by atoms with Crippen molar-refractivity contribution in [2.45, 2.75) is 37.9 Å². The van der Waals surface area contributed by atoms with Gasteiger partial charge in [0.15, 0.2) is 0 Å². The Balaban J connectivity index is 1.47. The number of carbonyl (C=O) groups is 1. The van der Waals surface area contributed by atoms with Gasteiger partial charge >= 0.3 is 0 Å². The van der Waals surface area contributed by atoms with Crippen LogP contribution in [-0.2, 0) is 22.6 Å². The summed E-state index contributed by atoms with van der Waals surface area (Å²) in [5.74, 6) is -0.0175. The van der Waals surface area contributed by atoms with E-state index in [0.29, 0.717) is 6.54 Å². The van der Waals surface area contributed by atoms with E-state index in [0.717, 1.165) is 57.7 Å². The average molecular weight is 303 g/mol. The minimum Gasteiger partial charge on any atom is -0.379 e. The molecule has 1 amide bonds. The van der Waals surface area contributed by atoms with Crippen molar-refractivity contribution in [2.75, 3.05) is 26.3 Å². The van der Waals surface area contributed by atoms with Crippen molar-refractivity contribution in [2.24, 2.45) is 5.73 Å². The maximum atomic E-state index is 12.0. The van der Waals surface area contributed by atoms with Gasteiger partial charge in [0.25, 0.3) is 0 Å². The maximum Gasteiger partial charge on any atom is 0.240 e. The number of benzene rings is 1. The summed E-state index contributed by atoms with van der Waals surface area (Å²) in [6.45, 7) is 5.15. The molecule has 1 saturated carbocycles. The highest BCUT2D eigenvalue weighted by molar-refractivity contribution is 5.86. The molecular formula is C17H25N3O2. The number of carbonyl (C=O) groups excluding carboxylic acids is 1. The third kappa shape index (κ3) is 3.66. The molecule has 0 aromatic heterocycles. The zero-order chi connectivity index (χ0) is 15.4. The molecule has 0 unspecified atom stereocenters. The van der Waals surface area contributed by atoms with Crippen molar-refractivity contribution >= 4 is 5.91 Å². The smallest absolute Gasteiger partial charge is 0.240 e. The molecular weight excluding hydrogens is 278 g/mol. The summed E-state index contributed by atoms with van der Waals surface area (Å²) in [6, 6.07) is 8.44. The Hall–Kier alpha value is -1.43. The minimum atomic E-state index is -0.615. The van der Waals surface area contributed by atoms with Crippen molar-refractivity contribution in [3.05, 3.63) is 35.4 Å². The SMILES string of the molecule is NC1(C(=O)NCc2ccc(CN3CCOCC3)cc2)CCC1. The third-order valence-corrected chi connectivity index (χ3v) is 4.68. The lowest BCUT2D eigenvalue weighted by Gasteiger charge is -2.36. The summed E-state index contributed by atoms with van der Waals surface area (Å²) < 4.78 is 5.36. The van der Waals surface area contributed by atoms with Gasteiger partial charge in [0.2, 0.25) is 5.91 Å². The standard InChI is InChI=1S/C17H25N3O2/c18-17(6-1-7-17)16(21)19-12-14-2-4-15(5-3-14)13-20-8-10-22-11-9-20/h2-5H,1,6-13,18H2,(H,19,21). The number of rotatable bonds is 5. The molecule has 3 N–H and O–H groups in total. The summed E-state index contributed by atoms with van der Waals surface area (Å²) in [5, 5.41) is 2.95. The fourth-order valence-electron chi connectivity index (χ4n) is 2.92. The van der Waals surface area contributed by atoms with Crippen LogP contribution in [0.1, 0.15) is 30.4 Å². The second kappa shape index (κ2) is 6.77. The lowest BCUT2D eigenvalue weighted by molar-refractivity contribution is -0.129. The molecule has 2 fully saturated rings. The number of nitrogens with one attached hydrogen (secondary N) is 1. The Morgan fingerprint density at radius 1 is 1.18 bits per heavy atom. The monoisotopic (exact) mass is 303 g/mol. The van der Waals surface area contributed by atoms with Gasteiger partial charge in [-0.1, -0.05) is 24.3 Å². The number of ether oxygens (including phenoxy) is 1. The van der Waals surface area contributed by atoms with E-state index < -0.39 is 5.54 Å². The normalized spacial score (nSPS) is 21.1. The molecule has 1 saturated heterocycles. The first-order valence-electron chi connectivity index (χ1n) is 8.11. The van der Waals surface area contributed by atoms with Gasteiger partial charge in [-0.2, -0.15) is 0 Å². The maximum absolute atomic E-state index is 12.0. The summed E-state index contributed by atoms with van der Waals surface area (Å²) >= 11 is 0. The van der Waals surface area contributed by atoms with Gasteiger partial charge in [-0.3, -0.25) is 9.69 Å². The van der Waals surface area contributed by atoms with Gasteiger partial charge < -0.3 is 15.8 Å². The number of nitrogens with zero attached hydrogens (tertiary/aromatic N) is 1. The molecule has 0 bridgehead atoms. The van der Waals surface area contributed by atoms with E-state index in [4.69, 9.17) is 10.5 Å². The lowest BCUT2D eigenvalue weighted by atomic mass is 9.77. The molecule has 1 aromatic rings. The molecule has 3 rings (SSSR count). The van der Waals surface area contributed by atoms with Crippen LogP contribution in [0.4, 0.5) is 0 Å². The van der Waals surface area contributed by atoms with Crippen LogP contribution in [0.15, 0.2) is 24.3 Å². The number of amides is 1. The van der Waals surface area contributed by atoms with Crippen molar-refractivity contribution < 1.29 is 9.53 Å². The van der Waals surface area contributed by atoms with Crippen molar-refractivity contribution in [3.63, 3.8) is 0 Å². The molecule has 0 atom stereocenters. The van der Waals surface area contributed by atoms with Crippen LogP contribution in [0.5, 0.6) is 0 Å². The van der Waals surface area contributed by atoms with Crippen LogP contribution in [0, 0.1) is 0 Å². The summed E-state index contributed by atoms with van der Waals surface area (Å²) in [6.07, 6.45) is 2.66. The van der Waals surface area contributed by atoms with Crippen molar-refractivity contribution in [3.8, 4) is 0 Å². The molecule has 5 heteroatoms. The topological polar surface area (TPSA) is 67.6 Å². The molecule has 1 aromatic carbocycles. The number of morpholine rings is 1. The zero-order valence-electron chi connectivity index (χ0n) is 13.0.